The van der Waals surface area contributed by atoms with Crippen LogP contribution in [0.2, 0.25) is 5.28 Å². The molecule has 1 aromatic heterocycles. The van der Waals surface area contributed by atoms with E-state index in [1.54, 1.807) is 6.20 Å². The minimum Gasteiger partial charge on any atom is -0.391 e. The summed E-state index contributed by atoms with van der Waals surface area (Å²) in [7, 11) is 0. The van der Waals surface area contributed by atoms with Gasteiger partial charge in [-0.3, -0.25) is 0 Å². The quantitative estimate of drug-likeness (QED) is 0.737. The van der Waals surface area contributed by atoms with Gasteiger partial charge in [0.1, 0.15) is 5.82 Å². The molecule has 1 aliphatic heterocycles. The van der Waals surface area contributed by atoms with Gasteiger partial charge in [0.05, 0.1) is 6.10 Å². The molecule has 1 fully saturated rings. The number of β-amino-alcohol motifs (C(OH)–C–C–N with tert-alkyl or cyclic N) is 1. The molecule has 1 aromatic rings. The predicted octanol–water partition coefficient (Wildman–Crippen LogP) is 1.40. The number of aliphatic hydroxyl groups is 1. The van der Waals surface area contributed by atoms with E-state index in [1.165, 1.54) is 0 Å². The largest absolute Gasteiger partial charge is 0.391 e. The summed E-state index contributed by atoms with van der Waals surface area (Å²) < 4.78 is 0. The molecule has 1 N–H and O–H groups in total. The lowest BCUT2D eigenvalue weighted by atomic mass is 10.1. The number of hydrogen-bond donors (Lipinski definition) is 1. The Morgan fingerprint density at radius 1 is 1.60 bits per heavy atom. The first-order valence-electron chi connectivity index (χ1n) is 5.09. The zero-order valence-electron chi connectivity index (χ0n) is 8.65. The first kappa shape index (κ1) is 10.6. The summed E-state index contributed by atoms with van der Waals surface area (Å²) in [6, 6.07) is 0. The van der Waals surface area contributed by atoms with Crippen LogP contribution in [0.15, 0.2) is 6.20 Å². The standard InChI is InChI=1S/C10H14ClN3O/c1-7-5-12-10(11)13-9(7)14-4-2-3-8(15)6-14/h5,8,15H,2-4,6H2,1H3. The van der Waals surface area contributed by atoms with E-state index < -0.39 is 0 Å². The molecule has 82 valence electrons. The Labute approximate surface area is 93.9 Å². The fourth-order valence-corrected chi connectivity index (χ4v) is 2.01. The van der Waals surface area contributed by atoms with Gasteiger partial charge >= 0.3 is 0 Å². The molecule has 15 heavy (non-hydrogen) atoms. The zero-order chi connectivity index (χ0) is 10.8. The predicted molar refractivity (Wildman–Crippen MR) is 59.2 cm³/mol. The third kappa shape index (κ3) is 2.38. The van der Waals surface area contributed by atoms with Gasteiger partial charge in [0.25, 0.3) is 0 Å². The Balaban J connectivity index is 2.24. The van der Waals surface area contributed by atoms with Crippen LogP contribution in [0, 0.1) is 6.92 Å². The van der Waals surface area contributed by atoms with Crippen molar-refractivity contribution in [2.24, 2.45) is 0 Å². The second-order valence-electron chi connectivity index (χ2n) is 3.89. The summed E-state index contributed by atoms with van der Waals surface area (Å²) in [6.07, 6.45) is 3.31. The van der Waals surface area contributed by atoms with Gasteiger partial charge in [-0.2, -0.15) is 0 Å². The number of rotatable bonds is 1. The maximum absolute atomic E-state index is 9.58. The molecule has 2 rings (SSSR count). The van der Waals surface area contributed by atoms with Crippen molar-refractivity contribution in [3.05, 3.63) is 17.0 Å². The van der Waals surface area contributed by atoms with Crippen molar-refractivity contribution in [3.63, 3.8) is 0 Å². The highest BCUT2D eigenvalue weighted by Crippen LogP contribution is 2.22. The van der Waals surface area contributed by atoms with Gasteiger partial charge in [-0.15, -0.1) is 0 Å². The molecule has 1 aliphatic rings. The van der Waals surface area contributed by atoms with E-state index in [-0.39, 0.29) is 11.4 Å². The summed E-state index contributed by atoms with van der Waals surface area (Å²) in [5.74, 6) is 0.841. The fraction of sp³-hybridized carbons (Fsp3) is 0.600. The molecular formula is C10H14ClN3O. The maximum atomic E-state index is 9.58. The Morgan fingerprint density at radius 2 is 2.40 bits per heavy atom. The highest BCUT2D eigenvalue weighted by atomic mass is 35.5. The molecule has 0 amide bonds. The van der Waals surface area contributed by atoms with E-state index in [9.17, 15) is 5.11 Å². The van der Waals surface area contributed by atoms with Crippen molar-refractivity contribution < 1.29 is 5.11 Å². The number of aliphatic hydroxyl groups excluding tert-OH is 1. The van der Waals surface area contributed by atoms with E-state index in [4.69, 9.17) is 11.6 Å². The number of halogens is 1. The van der Waals surface area contributed by atoms with Crippen LogP contribution in [-0.4, -0.2) is 34.3 Å². The van der Waals surface area contributed by atoms with Crippen molar-refractivity contribution in [3.8, 4) is 0 Å². The van der Waals surface area contributed by atoms with E-state index >= 15 is 0 Å². The second-order valence-corrected chi connectivity index (χ2v) is 4.23. The third-order valence-corrected chi connectivity index (χ3v) is 2.79. The molecular weight excluding hydrogens is 214 g/mol. The zero-order valence-corrected chi connectivity index (χ0v) is 9.41. The van der Waals surface area contributed by atoms with Crippen molar-refractivity contribution >= 4 is 17.4 Å². The highest BCUT2D eigenvalue weighted by molar-refractivity contribution is 6.28. The summed E-state index contributed by atoms with van der Waals surface area (Å²) in [5, 5.41) is 9.84. The summed E-state index contributed by atoms with van der Waals surface area (Å²) in [5.41, 5.74) is 0.994. The van der Waals surface area contributed by atoms with Gasteiger partial charge in [-0.25, -0.2) is 9.97 Å². The molecule has 0 saturated carbocycles. The smallest absolute Gasteiger partial charge is 0.224 e. The van der Waals surface area contributed by atoms with Crippen LogP contribution in [0.5, 0.6) is 0 Å². The van der Waals surface area contributed by atoms with Gasteiger partial charge in [0.15, 0.2) is 0 Å². The molecule has 1 saturated heterocycles. The lowest BCUT2D eigenvalue weighted by Crippen LogP contribution is -2.39. The number of nitrogens with zero attached hydrogens (tertiary/aromatic N) is 3. The normalized spacial score (nSPS) is 21.8. The summed E-state index contributed by atoms with van der Waals surface area (Å²) in [6.45, 7) is 3.51. The average molecular weight is 228 g/mol. The van der Waals surface area contributed by atoms with E-state index in [0.717, 1.165) is 30.8 Å². The maximum Gasteiger partial charge on any atom is 0.224 e. The number of aryl methyl sites for hydroxylation is 1. The Morgan fingerprint density at radius 3 is 3.13 bits per heavy atom. The lowest BCUT2D eigenvalue weighted by molar-refractivity contribution is 0.154. The molecule has 0 aliphatic carbocycles. The Bertz CT molecular complexity index is 359. The molecule has 0 aromatic carbocycles. The first-order valence-corrected chi connectivity index (χ1v) is 5.47. The number of piperidine rings is 1. The van der Waals surface area contributed by atoms with Gasteiger partial charge < -0.3 is 10.0 Å². The van der Waals surface area contributed by atoms with Crippen LogP contribution < -0.4 is 4.90 Å². The fourth-order valence-electron chi connectivity index (χ4n) is 1.88. The SMILES string of the molecule is Cc1cnc(Cl)nc1N1CCCC(O)C1. The van der Waals surface area contributed by atoms with E-state index in [0.29, 0.717) is 6.54 Å². The van der Waals surface area contributed by atoms with Crippen molar-refractivity contribution in [2.75, 3.05) is 18.0 Å². The van der Waals surface area contributed by atoms with E-state index in [1.807, 2.05) is 6.92 Å². The summed E-state index contributed by atoms with van der Waals surface area (Å²) in [4.78, 5) is 10.2. The van der Waals surface area contributed by atoms with Crippen molar-refractivity contribution in [2.45, 2.75) is 25.9 Å². The molecule has 2 heterocycles. The monoisotopic (exact) mass is 227 g/mol. The van der Waals surface area contributed by atoms with Crippen LogP contribution in [0.4, 0.5) is 5.82 Å². The molecule has 0 spiro atoms. The minimum atomic E-state index is -0.258. The molecule has 0 bridgehead atoms. The van der Waals surface area contributed by atoms with Gasteiger partial charge in [0.2, 0.25) is 5.28 Å². The minimum absolute atomic E-state index is 0.258. The number of hydrogen-bond acceptors (Lipinski definition) is 4. The Hall–Kier alpha value is -0.870. The number of aromatic nitrogens is 2. The van der Waals surface area contributed by atoms with Gasteiger partial charge in [-0.1, -0.05) is 0 Å². The van der Waals surface area contributed by atoms with E-state index in [2.05, 4.69) is 14.9 Å². The van der Waals surface area contributed by atoms with Crippen LogP contribution in [0.1, 0.15) is 18.4 Å². The second kappa shape index (κ2) is 4.33. The summed E-state index contributed by atoms with van der Waals surface area (Å²) >= 11 is 5.76. The van der Waals surface area contributed by atoms with Gasteiger partial charge in [0, 0.05) is 24.8 Å². The first-order chi connectivity index (χ1) is 7.16. The van der Waals surface area contributed by atoms with Crippen LogP contribution in [-0.2, 0) is 0 Å². The average Bonchev–Trinajstić information content (AvgIpc) is 2.22. The van der Waals surface area contributed by atoms with Crippen molar-refractivity contribution in [1.82, 2.24) is 9.97 Å². The van der Waals surface area contributed by atoms with Crippen molar-refractivity contribution in [1.29, 1.82) is 0 Å². The third-order valence-electron chi connectivity index (χ3n) is 2.61. The molecule has 4 nitrogen and oxygen atoms in total. The number of anilines is 1. The van der Waals surface area contributed by atoms with Crippen LogP contribution in [0.3, 0.4) is 0 Å². The Kier molecular flexibility index (Phi) is 3.07. The molecule has 1 atom stereocenters. The lowest BCUT2D eigenvalue weighted by Gasteiger charge is -2.31. The van der Waals surface area contributed by atoms with Gasteiger partial charge in [-0.05, 0) is 31.4 Å². The van der Waals surface area contributed by atoms with Crippen LogP contribution >= 0.6 is 11.6 Å². The van der Waals surface area contributed by atoms with Crippen LogP contribution in [0.25, 0.3) is 0 Å². The topological polar surface area (TPSA) is 49.2 Å². The highest BCUT2D eigenvalue weighted by Gasteiger charge is 2.20. The molecule has 5 heteroatoms. The molecule has 0 radical (unpaired) electrons. The molecule has 1 unspecified atom stereocenters.